The predicted octanol–water partition coefficient (Wildman–Crippen LogP) is 1.91. The summed E-state index contributed by atoms with van der Waals surface area (Å²) < 4.78 is 0. The minimum absolute atomic E-state index is 0.180. The maximum Gasteiger partial charge on any atom is 0.185 e. The minimum Gasteiger partial charge on any atom is -0.392 e. The second-order valence-electron chi connectivity index (χ2n) is 5.24. The summed E-state index contributed by atoms with van der Waals surface area (Å²) >= 11 is 1.73. The van der Waals surface area contributed by atoms with Gasteiger partial charge in [0.05, 0.1) is 11.8 Å². The van der Waals surface area contributed by atoms with Gasteiger partial charge in [-0.1, -0.05) is 12.8 Å². The van der Waals surface area contributed by atoms with Crippen molar-refractivity contribution in [3.8, 4) is 0 Å². The maximum atomic E-state index is 9.93. The number of aliphatic hydroxyl groups is 1. The molecule has 2 unspecified atom stereocenters. The SMILES string of the molecule is Cc1nc(N(C)C)sc1CNC1CCCCC1O. The largest absolute Gasteiger partial charge is 0.392 e. The molecule has 5 heteroatoms. The Balaban J connectivity index is 1.93. The van der Waals surface area contributed by atoms with Crippen molar-refractivity contribution in [2.45, 2.75) is 51.3 Å². The summed E-state index contributed by atoms with van der Waals surface area (Å²) in [4.78, 5) is 7.85. The van der Waals surface area contributed by atoms with Gasteiger partial charge in [0.15, 0.2) is 5.13 Å². The van der Waals surface area contributed by atoms with E-state index in [9.17, 15) is 5.11 Å². The number of aryl methyl sites for hydroxylation is 1. The van der Waals surface area contributed by atoms with E-state index in [0.29, 0.717) is 0 Å². The molecule has 1 aliphatic rings. The van der Waals surface area contributed by atoms with Crippen molar-refractivity contribution in [1.29, 1.82) is 0 Å². The highest BCUT2D eigenvalue weighted by Crippen LogP contribution is 2.25. The zero-order valence-electron chi connectivity index (χ0n) is 11.4. The number of aromatic nitrogens is 1. The fraction of sp³-hybridized carbons (Fsp3) is 0.769. The van der Waals surface area contributed by atoms with E-state index in [0.717, 1.165) is 36.6 Å². The highest BCUT2D eigenvalue weighted by atomic mass is 32.1. The van der Waals surface area contributed by atoms with Crippen LogP contribution in [0, 0.1) is 6.92 Å². The van der Waals surface area contributed by atoms with Gasteiger partial charge in [-0.15, -0.1) is 11.3 Å². The van der Waals surface area contributed by atoms with E-state index >= 15 is 0 Å². The summed E-state index contributed by atoms with van der Waals surface area (Å²) in [6, 6.07) is 0.253. The van der Waals surface area contributed by atoms with E-state index in [1.807, 2.05) is 19.0 Å². The standard InChI is InChI=1S/C13H23N3OS/c1-9-12(18-13(15-9)16(2)3)8-14-10-6-4-5-7-11(10)17/h10-11,14,17H,4-8H2,1-3H3. The molecule has 1 fully saturated rings. The normalized spacial score (nSPS) is 24.2. The van der Waals surface area contributed by atoms with Crippen molar-refractivity contribution in [3.05, 3.63) is 10.6 Å². The van der Waals surface area contributed by atoms with E-state index in [1.54, 1.807) is 11.3 Å². The molecule has 1 aromatic heterocycles. The fourth-order valence-corrected chi connectivity index (χ4v) is 3.28. The Morgan fingerprint density at radius 1 is 1.39 bits per heavy atom. The van der Waals surface area contributed by atoms with Crippen molar-refractivity contribution in [3.63, 3.8) is 0 Å². The van der Waals surface area contributed by atoms with Crippen molar-refractivity contribution in [2.75, 3.05) is 19.0 Å². The molecule has 1 aromatic rings. The number of aliphatic hydroxyl groups excluding tert-OH is 1. The Labute approximate surface area is 113 Å². The van der Waals surface area contributed by atoms with Gasteiger partial charge in [0.2, 0.25) is 0 Å². The van der Waals surface area contributed by atoms with E-state index in [4.69, 9.17) is 0 Å². The zero-order chi connectivity index (χ0) is 13.1. The third-order valence-electron chi connectivity index (χ3n) is 3.52. The highest BCUT2D eigenvalue weighted by molar-refractivity contribution is 7.15. The molecule has 0 amide bonds. The number of hydrogen-bond donors (Lipinski definition) is 2. The maximum absolute atomic E-state index is 9.93. The third kappa shape index (κ3) is 3.22. The number of thiazole rings is 1. The Hall–Kier alpha value is -0.650. The van der Waals surface area contributed by atoms with Gasteiger partial charge in [-0.2, -0.15) is 0 Å². The van der Waals surface area contributed by atoms with Crippen molar-refractivity contribution >= 4 is 16.5 Å². The lowest BCUT2D eigenvalue weighted by Gasteiger charge is -2.28. The van der Waals surface area contributed by atoms with Crippen molar-refractivity contribution < 1.29 is 5.11 Å². The topological polar surface area (TPSA) is 48.4 Å². The molecule has 1 aliphatic carbocycles. The van der Waals surface area contributed by atoms with E-state index in [-0.39, 0.29) is 12.1 Å². The molecule has 0 radical (unpaired) electrons. The van der Waals surface area contributed by atoms with Gasteiger partial charge in [0.1, 0.15) is 0 Å². The summed E-state index contributed by atoms with van der Waals surface area (Å²) in [6.45, 7) is 2.87. The summed E-state index contributed by atoms with van der Waals surface area (Å²) in [5, 5.41) is 14.5. The fourth-order valence-electron chi connectivity index (χ4n) is 2.34. The molecule has 102 valence electrons. The summed E-state index contributed by atoms with van der Waals surface area (Å²) in [6.07, 6.45) is 4.21. The summed E-state index contributed by atoms with van der Waals surface area (Å²) in [5.41, 5.74) is 1.10. The first-order chi connectivity index (χ1) is 8.58. The van der Waals surface area contributed by atoms with Gasteiger partial charge >= 0.3 is 0 Å². The predicted molar refractivity (Wildman–Crippen MR) is 76.3 cm³/mol. The zero-order valence-corrected chi connectivity index (χ0v) is 12.3. The number of nitrogens with zero attached hydrogens (tertiary/aromatic N) is 2. The minimum atomic E-state index is -0.180. The molecule has 1 saturated carbocycles. The summed E-state index contributed by atoms with van der Waals surface area (Å²) in [7, 11) is 4.03. The van der Waals surface area contributed by atoms with Crippen LogP contribution in [0.3, 0.4) is 0 Å². The lowest BCUT2D eigenvalue weighted by molar-refractivity contribution is 0.0903. The molecule has 0 saturated heterocycles. The molecule has 1 heterocycles. The molecule has 18 heavy (non-hydrogen) atoms. The van der Waals surface area contributed by atoms with Crippen LogP contribution < -0.4 is 10.2 Å². The second-order valence-corrected chi connectivity index (χ2v) is 6.30. The highest BCUT2D eigenvalue weighted by Gasteiger charge is 2.22. The van der Waals surface area contributed by atoms with Gasteiger partial charge < -0.3 is 15.3 Å². The molecule has 0 aliphatic heterocycles. The quantitative estimate of drug-likeness (QED) is 0.876. The van der Waals surface area contributed by atoms with Crippen molar-refractivity contribution in [2.24, 2.45) is 0 Å². The van der Waals surface area contributed by atoms with Crippen LogP contribution in [0.2, 0.25) is 0 Å². The molecular weight excluding hydrogens is 246 g/mol. The molecule has 4 nitrogen and oxygen atoms in total. The lowest BCUT2D eigenvalue weighted by Crippen LogP contribution is -2.41. The van der Waals surface area contributed by atoms with Crippen LogP contribution in [0.15, 0.2) is 0 Å². The monoisotopic (exact) mass is 269 g/mol. The van der Waals surface area contributed by atoms with Crippen LogP contribution in [0.5, 0.6) is 0 Å². The number of anilines is 1. The van der Waals surface area contributed by atoms with Crippen LogP contribution in [-0.2, 0) is 6.54 Å². The molecular formula is C13H23N3OS. The van der Waals surface area contributed by atoms with Crippen LogP contribution in [0.1, 0.15) is 36.3 Å². The molecule has 0 bridgehead atoms. The van der Waals surface area contributed by atoms with E-state index < -0.39 is 0 Å². The van der Waals surface area contributed by atoms with Crippen molar-refractivity contribution in [1.82, 2.24) is 10.3 Å². The Morgan fingerprint density at radius 2 is 2.11 bits per heavy atom. The molecule has 0 aromatic carbocycles. The number of nitrogens with one attached hydrogen (secondary N) is 1. The Kier molecular flexibility index (Phi) is 4.59. The smallest absolute Gasteiger partial charge is 0.185 e. The number of rotatable bonds is 4. The van der Waals surface area contributed by atoms with Gasteiger partial charge in [0, 0.05) is 31.6 Å². The van der Waals surface area contributed by atoms with Gasteiger partial charge in [-0.3, -0.25) is 0 Å². The average Bonchev–Trinajstić information content (AvgIpc) is 2.70. The average molecular weight is 269 g/mol. The third-order valence-corrected chi connectivity index (χ3v) is 4.84. The first-order valence-electron chi connectivity index (χ1n) is 6.63. The lowest BCUT2D eigenvalue weighted by atomic mass is 9.92. The van der Waals surface area contributed by atoms with Crippen LogP contribution >= 0.6 is 11.3 Å². The second kappa shape index (κ2) is 5.99. The number of hydrogen-bond acceptors (Lipinski definition) is 5. The molecule has 2 N–H and O–H groups in total. The molecule has 0 spiro atoms. The van der Waals surface area contributed by atoms with E-state index in [1.165, 1.54) is 11.3 Å². The van der Waals surface area contributed by atoms with Gasteiger partial charge in [-0.05, 0) is 19.8 Å². The van der Waals surface area contributed by atoms with Crippen LogP contribution in [-0.4, -0.2) is 36.3 Å². The van der Waals surface area contributed by atoms with Crippen LogP contribution in [0.4, 0.5) is 5.13 Å². The van der Waals surface area contributed by atoms with Gasteiger partial charge in [-0.25, -0.2) is 4.98 Å². The first kappa shape index (κ1) is 13.8. The van der Waals surface area contributed by atoms with Crippen LogP contribution in [0.25, 0.3) is 0 Å². The first-order valence-corrected chi connectivity index (χ1v) is 7.44. The Morgan fingerprint density at radius 3 is 2.72 bits per heavy atom. The molecule has 2 atom stereocenters. The Bertz CT molecular complexity index is 392. The van der Waals surface area contributed by atoms with E-state index in [2.05, 4.69) is 17.2 Å². The van der Waals surface area contributed by atoms with Gasteiger partial charge in [0.25, 0.3) is 0 Å². The summed E-state index contributed by atoms with van der Waals surface area (Å²) in [5.74, 6) is 0. The molecule has 2 rings (SSSR count).